The lowest BCUT2D eigenvalue weighted by Crippen LogP contribution is -2.03. The molecule has 0 fully saturated rings. The summed E-state index contributed by atoms with van der Waals surface area (Å²) in [5.74, 6) is -0.462. The summed E-state index contributed by atoms with van der Waals surface area (Å²) in [6, 6.07) is 3.53. The van der Waals surface area contributed by atoms with Crippen molar-refractivity contribution >= 4 is 34.4 Å². The van der Waals surface area contributed by atoms with Crippen LogP contribution in [0.5, 0.6) is 0 Å². The zero-order chi connectivity index (χ0) is 13.0. The van der Waals surface area contributed by atoms with Crippen molar-refractivity contribution in [1.29, 1.82) is 0 Å². The van der Waals surface area contributed by atoms with Crippen LogP contribution in [0.2, 0.25) is 5.02 Å². The summed E-state index contributed by atoms with van der Waals surface area (Å²) < 4.78 is 1.61. The molecule has 0 spiro atoms. The number of aromatic nitrogens is 3. The number of carboxylic acids is 1. The largest absolute Gasteiger partial charge is 0.477 e. The second-order valence-electron chi connectivity index (χ2n) is 4.21. The van der Waals surface area contributed by atoms with Crippen molar-refractivity contribution in [3.8, 4) is 0 Å². The van der Waals surface area contributed by atoms with Crippen molar-refractivity contribution in [3.05, 3.63) is 34.1 Å². The van der Waals surface area contributed by atoms with Gasteiger partial charge in [0.05, 0.1) is 11.0 Å². The summed E-state index contributed by atoms with van der Waals surface area (Å²) in [5, 5.41) is 9.88. The Kier molecular flexibility index (Phi) is 2.15. The summed E-state index contributed by atoms with van der Waals surface area (Å²) in [4.78, 5) is 18.7. The minimum atomic E-state index is -0.981. The Morgan fingerprint density at radius 3 is 2.83 bits per heavy atom. The van der Waals surface area contributed by atoms with Gasteiger partial charge in [0.1, 0.15) is 0 Å². The molecule has 0 saturated heterocycles. The number of rotatable bonds is 1. The molecule has 3 rings (SSSR count). The van der Waals surface area contributed by atoms with Crippen molar-refractivity contribution in [1.82, 2.24) is 14.4 Å². The van der Waals surface area contributed by atoms with E-state index in [0.717, 1.165) is 16.6 Å². The number of hydrogen-bond donors (Lipinski definition) is 2. The van der Waals surface area contributed by atoms with Gasteiger partial charge in [0.15, 0.2) is 5.69 Å². The number of fused-ring (bicyclic) bond motifs is 3. The van der Waals surface area contributed by atoms with E-state index in [9.17, 15) is 9.90 Å². The first-order valence-electron chi connectivity index (χ1n) is 5.40. The van der Waals surface area contributed by atoms with Crippen molar-refractivity contribution in [2.45, 2.75) is 13.8 Å². The quantitative estimate of drug-likeness (QED) is 0.709. The SMILES string of the molecule is Cc1[nH]c2nc3c(C)c(Cl)ccc3n2c1C(=O)O. The molecule has 2 N–H and O–H groups in total. The molecule has 6 heteroatoms. The van der Waals surface area contributed by atoms with Gasteiger partial charge in [0.2, 0.25) is 5.78 Å². The number of benzene rings is 1. The number of aromatic amines is 1. The fourth-order valence-electron chi connectivity index (χ4n) is 2.21. The van der Waals surface area contributed by atoms with Crippen molar-refractivity contribution in [2.24, 2.45) is 0 Å². The van der Waals surface area contributed by atoms with E-state index in [2.05, 4.69) is 9.97 Å². The number of imidazole rings is 2. The summed E-state index contributed by atoms with van der Waals surface area (Å²) in [6.45, 7) is 3.58. The third-order valence-corrected chi connectivity index (χ3v) is 3.50. The van der Waals surface area contributed by atoms with Crippen LogP contribution in [0.15, 0.2) is 12.1 Å². The van der Waals surface area contributed by atoms with E-state index in [1.165, 1.54) is 0 Å². The summed E-state index contributed by atoms with van der Waals surface area (Å²) in [5.41, 5.74) is 3.10. The molecular weight excluding hydrogens is 254 g/mol. The van der Waals surface area contributed by atoms with Crippen LogP contribution in [0, 0.1) is 13.8 Å². The Bertz CT molecular complexity index is 801. The van der Waals surface area contributed by atoms with E-state index in [-0.39, 0.29) is 5.69 Å². The molecule has 2 aromatic heterocycles. The van der Waals surface area contributed by atoms with E-state index in [4.69, 9.17) is 11.6 Å². The zero-order valence-corrected chi connectivity index (χ0v) is 10.5. The van der Waals surface area contributed by atoms with Crippen LogP contribution in [0.25, 0.3) is 16.8 Å². The van der Waals surface area contributed by atoms with Gasteiger partial charge in [-0.2, -0.15) is 0 Å². The highest BCUT2D eigenvalue weighted by molar-refractivity contribution is 6.32. The van der Waals surface area contributed by atoms with Crippen LogP contribution in [0.1, 0.15) is 21.7 Å². The minimum absolute atomic E-state index is 0.203. The van der Waals surface area contributed by atoms with E-state index >= 15 is 0 Å². The van der Waals surface area contributed by atoms with Gasteiger partial charge < -0.3 is 10.1 Å². The predicted molar refractivity (Wildman–Crippen MR) is 68.5 cm³/mol. The van der Waals surface area contributed by atoms with Gasteiger partial charge in [-0.3, -0.25) is 4.40 Å². The molecule has 0 radical (unpaired) electrons. The first-order valence-corrected chi connectivity index (χ1v) is 5.77. The molecule has 0 aliphatic heterocycles. The number of aryl methyl sites for hydroxylation is 2. The molecule has 0 bridgehead atoms. The Labute approximate surface area is 107 Å². The third-order valence-electron chi connectivity index (χ3n) is 3.09. The van der Waals surface area contributed by atoms with Gasteiger partial charge in [-0.05, 0) is 31.5 Å². The van der Waals surface area contributed by atoms with Crippen LogP contribution >= 0.6 is 11.6 Å². The van der Waals surface area contributed by atoms with E-state index in [1.807, 2.05) is 6.92 Å². The van der Waals surface area contributed by atoms with Crippen LogP contribution in [-0.2, 0) is 0 Å². The summed E-state index contributed by atoms with van der Waals surface area (Å²) >= 11 is 6.04. The summed E-state index contributed by atoms with van der Waals surface area (Å²) in [6.07, 6.45) is 0. The van der Waals surface area contributed by atoms with Crippen LogP contribution in [0.3, 0.4) is 0 Å². The highest BCUT2D eigenvalue weighted by Gasteiger charge is 2.19. The molecule has 0 aliphatic carbocycles. The topological polar surface area (TPSA) is 70.4 Å². The van der Waals surface area contributed by atoms with Crippen LogP contribution in [0.4, 0.5) is 0 Å². The number of hydrogen-bond acceptors (Lipinski definition) is 2. The van der Waals surface area contributed by atoms with Gasteiger partial charge >= 0.3 is 5.97 Å². The number of nitrogens with zero attached hydrogens (tertiary/aromatic N) is 2. The minimum Gasteiger partial charge on any atom is -0.477 e. The first-order chi connectivity index (χ1) is 8.50. The molecule has 2 heterocycles. The molecule has 0 saturated carbocycles. The lowest BCUT2D eigenvalue weighted by molar-refractivity contribution is 0.0689. The van der Waals surface area contributed by atoms with Gasteiger partial charge in [0.25, 0.3) is 0 Å². The molecule has 1 aromatic carbocycles. The lowest BCUT2D eigenvalue weighted by Gasteiger charge is -2.00. The Morgan fingerprint density at radius 2 is 2.17 bits per heavy atom. The van der Waals surface area contributed by atoms with Gasteiger partial charge in [-0.25, -0.2) is 9.78 Å². The molecule has 0 atom stereocenters. The maximum atomic E-state index is 11.3. The van der Waals surface area contributed by atoms with Crippen molar-refractivity contribution in [2.75, 3.05) is 0 Å². The van der Waals surface area contributed by atoms with E-state index in [1.54, 1.807) is 23.5 Å². The molecule has 3 aromatic rings. The Balaban J connectivity index is 2.55. The molecule has 92 valence electrons. The highest BCUT2D eigenvalue weighted by Crippen LogP contribution is 2.27. The second-order valence-corrected chi connectivity index (χ2v) is 4.62. The Morgan fingerprint density at radius 1 is 1.44 bits per heavy atom. The van der Waals surface area contributed by atoms with E-state index < -0.39 is 5.97 Å². The van der Waals surface area contributed by atoms with Gasteiger partial charge in [0, 0.05) is 10.7 Å². The zero-order valence-electron chi connectivity index (χ0n) is 9.78. The molecule has 0 amide bonds. The number of halogens is 1. The second kappa shape index (κ2) is 3.49. The lowest BCUT2D eigenvalue weighted by atomic mass is 10.2. The van der Waals surface area contributed by atoms with Crippen LogP contribution in [-0.4, -0.2) is 25.4 Å². The molecule has 0 unspecified atom stereocenters. The third kappa shape index (κ3) is 1.28. The standard InChI is InChI=1S/C12H10ClN3O2/c1-5-7(13)3-4-8-9(5)15-12-14-6(2)10(11(17)18)16(8)12/h3-4H,1-2H3,(H,14,15)(H,17,18). The Hall–Kier alpha value is -2.01. The number of H-pyrrole nitrogens is 1. The highest BCUT2D eigenvalue weighted by atomic mass is 35.5. The number of carboxylic acid groups (broad SMARTS) is 1. The maximum absolute atomic E-state index is 11.3. The first kappa shape index (κ1) is 11.1. The summed E-state index contributed by atoms with van der Waals surface area (Å²) in [7, 11) is 0. The van der Waals surface area contributed by atoms with Crippen molar-refractivity contribution < 1.29 is 9.90 Å². The van der Waals surface area contributed by atoms with Crippen molar-refractivity contribution in [3.63, 3.8) is 0 Å². The normalized spacial score (nSPS) is 11.5. The number of carbonyl (C=O) groups is 1. The average molecular weight is 264 g/mol. The van der Waals surface area contributed by atoms with Crippen LogP contribution < -0.4 is 0 Å². The molecule has 18 heavy (non-hydrogen) atoms. The average Bonchev–Trinajstić information content (AvgIpc) is 2.78. The molecule has 0 aliphatic rings. The number of nitrogens with one attached hydrogen (secondary N) is 1. The molecular formula is C12H10ClN3O2. The van der Waals surface area contributed by atoms with Gasteiger partial charge in [-0.15, -0.1) is 0 Å². The maximum Gasteiger partial charge on any atom is 0.354 e. The fraction of sp³-hybridized carbons (Fsp3) is 0.167. The number of aromatic carboxylic acids is 1. The predicted octanol–water partition coefficient (Wildman–Crippen LogP) is 2.78. The van der Waals surface area contributed by atoms with Gasteiger partial charge in [-0.1, -0.05) is 11.6 Å². The smallest absolute Gasteiger partial charge is 0.354 e. The fourth-order valence-corrected chi connectivity index (χ4v) is 2.37. The monoisotopic (exact) mass is 263 g/mol. The van der Waals surface area contributed by atoms with E-state index in [0.29, 0.717) is 16.5 Å². The molecule has 5 nitrogen and oxygen atoms in total.